The van der Waals surface area contributed by atoms with Crippen LogP contribution in [0.15, 0.2) is 90.4 Å². The van der Waals surface area contributed by atoms with Crippen LogP contribution in [0.25, 0.3) is 21.7 Å². The summed E-state index contributed by atoms with van der Waals surface area (Å²) in [6.45, 7) is 9.81. The van der Waals surface area contributed by atoms with Crippen molar-refractivity contribution in [3.63, 3.8) is 0 Å². The number of aromatic nitrogens is 3. The summed E-state index contributed by atoms with van der Waals surface area (Å²) in [5.74, 6) is -1.28. The summed E-state index contributed by atoms with van der Waals surface area (Å²) in [4.78, 5) is 62.7. The van der Waals surface area contributed by atoms with E-state index in [4.69, 9.17) is 15.2 Å². The Morgan fingerprint density at radius 2 is 1.65 bits per heavy atom. The number of amides is 4. The maximum absolute atomic E-state index is 14.1. The van der Waals surface area contributed by atoms with Crippen LogP contribution in [0.4, 0.5) is 5.82 Å². The number of hydrogen-bond acceptors (Lipinski definition) is 13. The van der Waals surface area contributed by atoms with Gasteiger partial charge in [0.1, 0.15) is 23.5 Å². The second-order valence-electron chi connectivity index (χ2n) is 17.7. The van der Waals surface area contributed by atoms with Crippen molar-refractivity contribution in [2.75, 3.05) is 45.7 Å². The lowest BCUT2D eigenvalue weighted by Crippen LogP contribution is -2.58. The first-order valence-electron chi connectivity index (χ1n) is 22.0. The molecule has 6 N–H and O–H groups in total. The molecular formula is C49H60N8O8S. The minimum Gasteiger partial charge on any atom is -0.507 e. The van der Waals surface area contributed by atoms with Gasteiger partial charge in [-0.15, -0.1) is 21.5 Å². The normalized spacial score (nSPS) is 16.3. The Bertz CT molecular complexity index is 2440. The molecule has 17 heteroatoms. The number of thiazole rings is 1. The lowest BCUT2D eigenvalue weighted by Gasteiger charge is -2.35. The molecule has 4 amide bonds. The van der Waals surface area contributed by atoms with Gasteiger partial charge < -0.3 is 45.9 Å². The number of nitrogens with two attached hydrogens (primary N) is 1. The predicted molar refractivity (Wildman–Crippen MR) is 252 cm³/mol. The highest BCUT2D eigenvalue weighted by atomic mass is 32.1. The predicted octanol–water partition coefficient (Wildman–Crippen LogP) is 5.65. The van der Waals surface area contributed by atoms with Gasteiger partial charge in [0.25, 0.3) is 0 Å². The van der Waals surface area contributed by atoms with Crippen LogP contribution in [0.1, 0.15) is 75.7 Å². The molecule has 0 aliphatic carbocycles. The Kier molecular flexibility index (Phi) is 16.5. The van der Waals surface area contributed by atoms with Crippen molar-refractivity contribution in [2.24, 2.45) is 5.41 Å². The number of carbonyl (C=O) groups is 4. The van der Waals surface area contributed by atoms with Crippen LogP contribution in [-0.4, -0.2) is 117 Å². The van der Waals surface area contributed by atoms with Crippen molar-refractivity contribution in [1.82, 2.24) is 35.6 Å². The topological polar surface area (TPSA) is 222 Å². The molecule has 1 fully saturated rings. The SMILES string of the molecule is Cc1ncsc1-c1ccc(C(C)NC(=O)[C@@H]2C[C@@H](O)CN2C(=O)C(NC(=O)CCOCCC(=O)N(C)CC(COc2cc(-c3ccccc3O)nnc2N)c2ccccc2)C(C)(C)C)cc1. The number of aromatic hydroxyl groups is 1. The minimum absolute atomic E-state index is 0.00858. The van der Waals surface area contributed by atoms with Gasteiger partial charge in [-0.25, -0.2) is 4.98 Å². The minimum atomic E-state index is -0.992. The molecule has 3 aromatic carbocycles. The smallest absolute Gasteiger partial charge is 0.246 e. The number of rotatable bonds is 19. The number of aliphatic hydroxyl groups is 1. The van der Waals surface area contributed by atoms with Gasteiger partial charge in [0.2, 0.25) is 23.6 Å². The molecule has 2 aromatic heterocycles. The van der Waals surface area contributed by atoms with Crippen molar-refractivity contribution < 1.29 is 38.9 Å². The van der Waals surface area contributed by atoms with Crippen molar-refractivity contribution in [3.05, 3.63) is 107 Å². The van der Waals surface area contributed by atoms with Gasteiger partial charge in [0, 0.05) is 50.5 Å². The van der Waals surface area contributed by atoms with E-state index in [1.807, 2.05) is 94.7 Å². The zero-order chi connectivity index (χ0) is 47.5. The molecule has 6 rings (SSSR count). The fraction of sp³-hybridized carbons (Fsp3) is 0.408. The molecule has 350 valence electrons. The van der Waals surface area contributed by atoms with Gasteiger partial charge in [-0.3, -0.25) is 19.2 Å². The number of ether oxygens (including phenoxy) is 2. The Labute approximate surface area is 389 Å². The summed E-state index contributed by atoms with van der Waals surface area (Å²) >= 11 is 1.56. The lowest BCUT2D eigenvalue weighted by atomic mass is 9.85. The molecule has 0 radical (unpaired) electrons. The van der Waals surface area contributed by atoms with E-state index in [9.17, 15) is 29.4 Å². The van der Waals surface area contributed by atoms with E-state index in [1.54, 1.807) is 53.6 Å². The quantitative estimate of drug-likeness (QED) is 0.0635. The standard InChI is InChI=1S/C49H60N8O8S/c1-30(32-16-18-34(19-17-32)44-31(2)51-29-66-44)52-47(62)39-24-36(58)27-57(39)48(63)45(49(3,4)5)53-42(60)20-22-64-23-21-43(61)56(6)26-35(33-12-8-7-9-13-33)28-65-41-25-38(54-55-46(41)50)37-14-10-11-15-40(37)59/h7-19,25,29-30,35-36,39,45,58-59H,20-24,26-28H2,1-6H3,(H2,50,55)(H,52,62)(H,53,60)/t30?,35?,36-,39+,45?/m1/s1. The number of anilines is 1. The number of phenols is 1. The van der Waals surface area contributed by atoms with Crippen molar-refractivity contribution in [3.8, 4) is 33.2 Å². The zero-order valence-corrected chi connectivity index (χ0v) is 39.1. The van der Waals surface area contributed by atoms with Gasteiger partial charge in [0.15, 0.2) is 11.6 Å². The number of nitrogen functional groups attached to an aromatic ring is 1. The molecule has 66 heavy (non-hydrogen) atoms. The van der Waals surface area contributed by atoms with Crippen LogP contribution >= 0.6 is 11.3 Å². The Hall–Kier alpha value is -6.43. The molecule has 5 atom stereocenters. The van der Waals surface area contributed by atoms with E-state index in [0.717, 1.165) is 27.3 Å². The van der Waals surface area contributed by atoms with Gasteiger partial charge >= 0.3 is 0 Å². The van der Waals surface area contributed by atoms with E-state index in [2.05, 4.69) is 25.8 Å². The number of benzene rings is 3. The summed E-state index contributed by atoms with van der Waals surface area (Å²) < 4.78 is 11.9. The maximum Gasteiger partial charge on any atom is 0.246 e. The van der Waals surface area contributed by atoms with Crippen LogP contribution in [0, 0.1) is 12.3 Å². The fourth-order valence-corrected chi connectivity index (χ4v) is 8.60. The highest BCUT2D eigenvalue weighted by Crippen LogP contribution is 2.33. The number of nitrogens with zero attached hydrogens (tertiary/aromatic N) is 5. The second kappa shape index (κ2) is 22.2. The van der Waals surface area contributed by atoms with Gasteiger partial charge in [-0.1, -0.05) is 87.5 Å². The summed E-state index contributed by atoms with van der Waals surface area (Å²) in [5.41, 5.74) is 11.9. The molecule has 1 aliphatic rings. The molecule has 16 nitrogen and oxygen atoms in total. The summed E-state index contributed by atoms with van der Waals surface area (Å²) in [5, 5.41) is 35.0. The van der Waals surface area contributed by atoms with E-state index >= 15 is 0 Å². The Morgan fingerprint density at radius 1 is 0.955 bits per heavy atom. The summed E-state index contributed by atoms with van der Waals surface area (Å²) in [6.07, 6.45) is -0.837. The number of aryl methyl sites for hydroxylation is 1. The Morgan fingerprint density at radius 3 is 2.33 bits per heavy atom. The first-order chi connectivity index (χ1) is 31.5. The van der Waals surface area contributed by atoms with Crippen LogP contribution < -0.4 is 21.1 Å². The number of hydrogen-bond donors (Lipinski definition) is 5. The average molecular weight is 921 g/mol. The first kappa shape index (κ1) is 49.0. The fourth-order valence-electron chi connectivity index (χ4n) is 7.79. The number of β-amino-alcohol motifs (C(OH)–C–C–N with tert-alkyl or cyclic N) is 1. The molecule has 3 unspecified atom stereocenters. The van der Waals surface area contributed by atoms with Crippen molar-refractivity contribution in [1.29, 1.82) is 0 Å². The monoisotopic (exact) mass is 920 g/mol. The molecular weight excluding hydrogens is 861 g/mol. The van der Waals surface area contributed by atoms with E-state index in [1.165, 1.54) is 4.90 Å². The molecule has 0 saturated carbocycles. The zero-order valence-electron chi connectivity index (χ0n) is 38.3. The highest BCUT2D eigenvalue weighted by molar-refractivity contribution is 7.13. The van der Waals surface area contributed by atoms with Gasteiger partial charge in [-0.2, -0.15) is 0 Å². The molecule has 1 saturated heterocycles. The van der Waals surface area contributed by atoms with E-state index in [0.29, 0.717) is 23.6 Å². The van der Waals surface area contributed by atoms with E-state index < -0.39 is 35.4 Å². The molecule has 5 aromatic rings. The van der Waals surface area contributed by atoms with Crippen molar-refractivity contribution >= 4 is 40.8 Å². The van der Waals surface area contributed by atoms with Crippen LogP contribution in [-0.2, 0) is 23.9 Å². The number of carbonyl (C=O) groups excluding carboxylic acids is 4. The van der Waals surface area contributed by atoms with Crippen LogP contribution in [0.3, 0.4) is 0 Å². The van der Waals surface area contributed by atoms with E-state index in [-0.39, 0.29) is 81.0 Å². The van der Waals surface area contributed by atoms with Crippen LogP contribution in [0.2, 0.25) is 0 Å². The van der Waals surface area contributed by atoms with Crippen molar-refractivity contribution in [2.45, 2.75) is 84.0 Å². The lowest BCUT2D eigenvalue weighted by molar-refractivity contribution is -0.144. The Balaban J connectivity index is 0.973. The third-order valence-corrected chi connectivity index (χ3v) is 12.6. The maximum atomic E-state index is 14.1. The first-order valence-corrected chi connectivity index (χ1v) is 22.9. The number of phenolic OH excluding ortho intramolecular Hbond substituents is 1. The molecule has 0 spiro atoms. The number of para-hydroxylation sites is 1. The largest absolute Gasteiger partial charge is 0.507 e. The molecule has 1 aliphatic heterocycles. The number of nitrogens with one attached hydrogen (secondary N) is 2. The second-order valence-corrected chi connectivity index (χ2v) is 18.5. The average Bonchev–Trinajstić information content (AvgIpc) is 3.92. The number of aliphatic hydroxyl groups excluding tert-OH is 1. The molecule has 3 heterocycles. The van der Waals surface area contributed by atoms with Gasteiger partial charge in [0.05, 0.1) is 54.5 Å². The summed E-state index contributed by atoms with van der Waals surface area (Å²) in [6, 6.07) is 23.6. The number of likely N-dealkylation sites (N-methyl/N-ethyl adjacent to an activating group) is 1. The van der Waals surface area contributed by atoms with Gasteiger partial charge in [-0.05, 0) is 48.1 Å². The number of likely N-dealkylation sites (tertiary alicyclic amines) is 1. The third kappa shape index (κ3) is 12.7. The van der Waals surface area contributed by atoms with Crippen LogP contribution in [0.5, 0.6) is 11.5 Å². The highest BCUT2D eigenvalue weighted by Gasteiger charge is 2.44. The molecule has 0 bridgehead atoms. The third-order valence-electron chi connectivity index (χ3n) is 11.6. The summed E-state index contributed by atoms with van der Waals surface area (Å²) in [7, 11) is 1.70.